The van der Waals surface area contributed by atoms with Gasteiger partial charge >= 0.3 is 0 Å². The topological polar surface area (TPSA) is 42.4 Å². The normalized spacial score (nSPS) is 19.2. The molecule has 1 aromatic heterocycles. The van der Waals surface area contributed by atoms with Crippen molar-refractivity contribution in [3.63, 3.8) is 0 Å². The highest BCUT2D eigenvalue weighted by Gasteiger charge is 2.27. The van der Waals surface area contributed by atoms with E-state index in [9.17, 15) is 4.79 Å². The second kappa shape index (κ2) is 5.77. The summed E-state index contributed by atoms with van der Waals surface area (Å²) in [5, 5.41) is 0. The van der Waals surface area contributed by atoms with Gasteiger partial charge in [-0.15, -0.1) is 0 Å². The number of hydrogen-bond donors (Lipinski definition) is 0. The van der Waals surface area contributed by atoms with Crippen molar-refractivity contribution in [1.82, 2.24) is 9.88 Å². The van der Waals surface area contributed by atoms with Gasteiger partial charge in [0.15, 0.2) is 0 Å². The summed E-state index contributed by atoms with van der Waals surface area (Å²) in [4.78, 5) is 18.0. The first-order chi connectivity index (χ1) is 8.31. The van der Waals surface area contributed by atoms with E-state index >= 15 is 0 Å². The zero-order valence-corrected chi connectivity index (χ0v) is 10.1. The lowest BCUT2D eigenvalue weighted by Gasteiger charge is -2.23. The van der Waals surface area contributed by atoms with Gasteiger partial charge in [0.1, 0.15) is 6.10 Å². The average molecular weight is 234 g/mol. The Morgan fingerprint density at radius 2 is 2.29 bits per heavy atom. The number of likely N-dealkylation sites (N-methyl/N-ethyl adjacent to an activating group) is 1. The van der Waals surface area contributed by atoms with Crippen LogP contribution in [-0.4, -0.2) is 35.0 Å². The number of hydrogen-bond acceptors (Lipinski definition) is 3. The second-order valence-electron chi connectivity index (χ2n) is 4.21. The second-order valence-corrected chi connectivity index (χ2v) is 4.21. The molecule has 0 saturated carbocycles. The molecule has 17 heavy (non-hydrogen) atoms. The predicted molar refractivity (Wildman–Crippen MR) is 64.3 cm³/mol. The van der Waals surface area contributed by atoms with Gasteiger partial charge in [0.25, 0.3) is 5.91 Å². The molecule has 0 radical (unpaired) electrons. The molecule has 0 spiro atoms. The molecule has 1 aliphatic rings. The van der Waals surface area contributed by atoms with Crippen LogP contribution in [0.3, 0.4) is 0 Å². The molecule has 92 valence electrons. The molecule has 1 aromatic rings. The molecule has 1 amide bonds. The Hall–Kier alpha value is -1.42. The minimum absolute atomic E-state index is 0.113. The van der Waals surface area contributed by atoms with Crippen LogP contribution in [0.1, 0.15) is 25.3 Å². The van der Waals surface area contributed by atoms with Crippen LogP contribution in [0, 0.1) is 0 Å². The van der Waals surface area contributed by atoms with E-state index in [2.05, 4.69) is 4.98 Å². The standard InChI is InChI=1S/C13H18N2O2/c1-2-15(10-11-5-7-14-8-6-11)13(16)12-4-3-9-17-12/h5-8,12H,2-4,9-10H2,1H3. The Morgan fingerprint density at radius 3 is 2.88 bits per heavy atom. The predicted octanol–water partition coefficient (Wildman–Crippen LogP) is 1.61. The summed E-state index contributed by atoms with van der Waals surface area (Å²) in [7, 11) is 0. The summed E-state index contributed by atoms with van der Waals surface area (Å²) < 4.78 is 5.43. The quantitative estimate of drug-likeness (QED) is 0.795. The van der Waals surface area contributed by atoms with E-state index in [0.717, 1.165) is 18.4 Å². The van der Waals surface area contributed by atoms with Crippen molar-refractivity contribution in [2.75, 3.05) is 13.2 Å². The summed E-state index contributed by atoms with van der Waals surface area (Å²) in [6.07, 6.45) is 5.12. The maximum absolute atomic E-state index is 12.2. The highest BCUT2D eigenvalue weighted by molar-refractivity contribution is 5.81. The number of nitrogens with zero attached hydrogens (tertiary/aromatic N) is 2. The molecule has 0 N–H and O–H groups in total. The molecule has 1 unspecified atom stereocenters. The molecule has 0 aliphatic carbocycles. The molecule has 4 nitrogen and oxygen atoms in total. The molecule has 1 fully saturated rings. The number of amides is 1. The lowest BCUT2D eigenvalue weighted by molar-refractivity contribution is -0.141. The van der Waals surface area contributed by atoms with Gasteiger partial charge in [-0.05, 0) is 37.5 Å². The fourth-order valence-corrected chi connectivity index (χ4v) is 2.03. The first-order valence-electron chi connectivity index (χ1n) is 6.10. The first-order valence-corrected chi connectivity index (χ1v) is 6.10. The van der Waals surface area contributed by atoms with Gasteiger partial charge in [-0.1, -0.05) is 0 Å². The molecular weight excluding hydrogens is 216 g/mol. The van der Waals surface area contributed by atoms with Crippen LogP contribution in [-0.2, 0) is 16.1 Å². The molecule has 2 rings (SSSR count). The molecular formula is C13H18N2O2. The number of ether oxygens (including phenoxy) is 1. The fraction of sp³-hybridized carbons (Fsp3) is 0.538. The third-order valence-electron chi connectivity index (χ3n) is 3.02. The van der Waals surface area contributed by atoms with E-state index in [4.69, 9.17) is 4.74 Å². The van der Waals surface area contributed by atoms with Crippen molar-refractivity contribution in [2.24, 2.45) is 0 Å². The van der Waals surface area contributed by atoms with Crippen LogP contribution < -0.4 is 0 Å². The average Bonchev–Trinajstić information content (AvgIpc) is 2.90. The zero-order valence-electron chi connectivity index (χ0n) is 10.1. The van der Waals surface area contributed by atoms with E-state index in [1.54, 1.807) is 12.4 Å². The monoisotopic (exact) mass is 234 g/mol. The van der Waals surface area contributed by atoms with Crippen molar-refractivity contribution in [2.45, 2.75) is 32.4 Å². The molecule has 2 heterocycles. The van der Waals surface area contributed by atoms with E-state index in [1.165, 1.54) is 0 Å². The maximum Gasteiger partial charge on any atom is 0.251 e. The van der Waals surface area contributed by atoms with Gasteiger partial charge in [0, 0.05) is 32.1 Å². The Labute approximate surface area is 102 Å². The smallest absolute Gasteiger partial charge is 0.251 e. The van der Waals surface area contributed by atoms with Crippen molar-refractivity contribution in [3.05, 3.63) is 30.1 Å². The van der Waals surface area contributed by atoms with Crippen LogP contribution in [0.2, 0.25) is 0 Å². The highest BCUT2D eigenvalue weighted by Crippen LogP contribution is 2.16. The molecule has 1 aliphatic heterocycles. The third-order valence-corrected chi connectivity index (χ3v) is 3.02. The van der Waals surface area contributed by atoms with Crippen LogP contribution in [0.15, 0.2) is 24.5 Å². The number of pyridine rings is 1. The van der Waals surface area contributed by atoms with E-state index in [0.29, 0.717) is 19.7 Å². The zero-order chi connectivity index (χ0) is 12.1. The summed E-state index contributed by atoms with van der Waals surface area (Å²) in [5.74, 6) is 0.113. The Bertz CT molecular complexity index is 361. The maximum atomic E-state index is 12.2. The summed E-state index contributed by atoms with van der Waals surface area (Å²) in [6, 6.07) is 3.87. The molecule has 0 aromatic carbocycles. The van der Waals surface area contributed by atoms with Crippen LogP contribution in [0.25, 0.3) is 0 Å². The van der Waals surface area contributed by atoms with Crippen molar-refractivity contribution in [3.8, 4) is 0 Å². The van der Waals surface area contributed by atoms with Gasteiger partial charge in [0.05, 0.1) is 0 Å². The minimum atomic E-state index is -0.225. The van der Waals surface area contributed by atoms with Crippen molar-refractivity contribution < 1.29 is 9.53 Å². The van der Waals surface area contributed by atoms with E-state index in [-0.39, 0.29) is 12.0 Å². The van der Waals surface area contributed by atoms with Crippen molar-refractivity contribution >= 4 is 5.91 Å². The number of carbonyl (C=O) groups excluding carboxylic acids is 1. The first kappa shape index (κ1) is 12.0. The number of rotatable bonds is 4. The summed E-state index contributed by atoms with van der Waals surface area (Å²) in [5.41, 5.74) is 1.10. The van der Waals surface area contributed by atoms with Crippen LogP contribution in [0.5, 0.6) is 0 Å². The Balaban J connectivity index is 1.98. The lowest BCUT2D eigenvalue weighted by Crippen LogP contribution is -2.38. The summed E-state index contributed by atoms with van der Waals surface area (Å²) in [6.45, 7) is 4.05. The van der Waals surface area contributed by atoms with Gasteiger partial charge in [-0.2, -0.15) is 0 Å². The molecule has 1 saturated heterocycles. The fourth-order valence-electron chi connectivity index (χ4n) is 2.03. The Kier molecular flexibility index (Phi) is 4.09. The largest absolute Gasteiger partial charge is 0.368 e. The summed E-state index contributed by atoms with van der Waals surface area (Å²) >= 11 is 0. The van der Waals surface area contributed by atoms with Crippen LogP contribution in [0.4, 0.5) is 0 Å². The number of aromatic nitrogens is 1. The Morgan fingerprint density at radius 1 is 1.53 bits per heavy atom. The molecule has 4 heteroatoms. The number of carbonyl (C=O) groups is 1. The van der Waals surface area contributed by atoms with Gasteiger partial charge in [0.2, 0.25) is 0 Å². The lowest BCUT2D eigenvalue weighted by atomic mass is 10.2. The van der Waals surface area contributed by atoms with Gasteiger partial charge in [-0.25, -0.2) is 0 Å². The molecule has 1 atom stereocenters. The van der Waals surface area contributed by atoms with Gasteiger partial charge in [-0.3, -0.25) is 9.78 Å². The highest BCUT2D eigenvalue weighted by atomic mass is 16.5. The van der Waals surface area contributed by atoms with Crippen LogP contribution >= 0.6 is 0 Å². The van der Waals surface area contributed by atoms with E-state index < -0.39 is 0 Å². The van der Waals surface area contributed by atoms with Crippen molar-refractivity contribution in [1.29, 1.82) is 0 Å². The minimum Gasteiger partial charge on any atom is -0.368 e. The third kappa shape index (κ3) is 3.03. The SMILES string of the molecule is CCN(Cc1ccncc1)C(=O)C1CCCO1. The molecule has 0 bridgehead atoms. The van der Waals surface area contributed by atoms with E-state index in [1.807, 2.05) is 24.0 Å². The van der Waals surface area contributed by atoms with Gasteiger partial charge < -0.3 is 9.64 Å².